The van der Waals surface area contributed by atoms with Crippen molar-refractivity contribution in [3.05, 3.63) is 0 Å². The standard InChI is InChI=1S/C14H26N2O.C2H6/c1-14(2)5-7-16(8-6-14)10-11-9-12(11)13(17)15(3)4;1-2/h11-12H,5-10H2,1-4H3;1-2H3. The summed E-state index contributed by atoms with van der Waals surface area (Å²) in [4.78, 5) is 16.1. The summed E-state index contributed by atoms with van der Waals surface area (Å²) >= 11 is 0. The summed E-state index contributed by atoms with van der Waals surface area (Å²) in [5.41, 5.74) is 0.527. The van der Waals surface area contributed by atoms with E-state index in [2.05, 4.69) is 18.7 Å². The molecular formula is C16H32N2O. The van der Waals surface area contributed by atoms with Crippen LogP contribution in [0, 0.1) is 17.3 Å². The first kappa shape index (κ1) is 16.5. The molecule has 0 spiro atoms. The van der Waals surface area contributed by atoms with Crippen LogP contribution in [0.25, 0.3) is 0 Å². The SMILES string of the molecule is CC.CN(C)C(=O)C1CC1CN1CCC(C)(C)CC1. The maximum atomic E-state index is 11.8. The normalized spacial score (nSPS) is 29.2. The van der Waals surface area contributed by atoms with Gasteiger partial charge in [-0.3, -0.25) is 4.79 Å². The molecule has 0 radical (unpaired) electrons. The number of rotatable bonds is 3. The van der Waals surface area contributed by atoms with E-state index in [4.69, 9.17) is 0 Å². The van der Waals surface area contributed by atoms with Gasteiger partial charge in [-0.25, -0.2) is 0 Å². The zero-order chi connectivity index (χ0) is 14.6. The quantitative estimate of drug-likeness (QED) is 0.786. The highest BCUT2D eigenvalue weighted by atomic mass is 16.2. The van der Waals surface area contributed by atoms with Crippen LogP contribution in [-0.2, 0) is 4.79 Å². The van der Waals surface area contributed by atoms with Crippen LogP contribution in [0.15, 0.2) is 0 Å². The molecule has 2 fully saturated rings. The molecule has 19 heavy (non-hydrogen) atoms. The number of nitrogens with zero attached hydrogens (tertiary/aromatic N) is 2. The number of amides is 1. The molecule has 2 unspecified atom stereocenters. The molecule has 2 atom stereocenters. The van der Waals surface area contributed by atoms with Gasteiger partial charge in [0.15, 0.2) is 0 Å². The Labute approximate surface area is 119 Å². The molecule has 1 amide bonds. The van der Waals surface area contributed by atoms with E-state index in [1.54, 1.807) is 4.90 Å². The molecule has 1 saturated carbocycles. The number of piperidine rings is 1. The number of hydrogen-bond acceptors (Lipinski definition) is 2. The number of carbonyl (C=O) groups is 1. The minimum absolute atomic E-state index is 0.319. The Bertz CT molecular complexity index is 289. The lowest BCUT2D eigenvalue weighted by Crippen LogP contribution is -2.38. The summed E-state index contributed by atoms with van der Waals surface area (Å²) in [6.07, 6.45) is 3.70. The molecule has 1 aliphatic heterocycles. The summed E-state index contributed by atoms with van der Waals surface area (Å²) in [6, 6.07) is 0. The lowest BCUT2D eigenvalue weighted by molar-refractivity contribution is -0.130. The Hall–Kier alpha value is -0.570. The van der Waals surface area contributed by atoms with Gasteiger partial charge in [0.05, 0.1) is 0 Å². The third-order valence-corrected chi connectivity index (χ3v) is 4.38. The molecule has 0 N–H and O–H groups in total. The average molecular weight is 268 g/mol. The van der Waals surface area contributed by atoms with Gasteiger partial charge < -0.3 is 9.80 Å². The van der Waals surface area contributed by atoms with E-state index < -0.39 is 0 Å². The predicted molar refractivity (Wildman–Crippen MR) is 81.1 cm³/mol. The molecule has 1 aliphatic carbocycles. The number of carbonyl (C=O) groups excluding carboxylic acids is 1. The van der Waals surface area contributed by atoms with Crippen LogP contribution in [0.5, 0.6) is 0 Å². The number of likely N-dealkylation sites (tertiary alicyclic amines) is 1. The van der Waals surface area contributed by atoms with Gasteiger partial charge in [-0.1, -0.05) is 27.7 Å². The molecule has 1 saturated heterocycles. The first-order valence-corrected chi connectivity index (χ1v) is 7.82. The highest BCUT2D eigenvalue weighted by molar-refractivity contribution is 5.81. The first-order chi connectivity index (χ1) is 8.89. The highest BCUT2D eigenvalue weighted by Gasteiger charge is 2.44. The third-order valence-electron chi connectivity index (χ3n) is 4.38. The van der Waals surface area contributed by atoms with Crippen molar-refractivity contribution in [3.63, 3.8) is 0 Å². The lowest BCUT2D eigenvalue weighted by Gasteiger charge is -2.37. The summed E-state index contributed by atoms with van der Waals surface area (Å²) in [6.45, 7) is 12.3. The van der Waals surface area contributed by atoms with E-state index in [9.17, 15) is 4.79 Å². The van der Waals surface area contributed by atoms with E-state index in [1.807, 2.05) is 27.9 Å². The van der Waals surface area contributed by atoms with Gasteiger partial charge in [0.2, 0.25) is 5.91 Å². The van der Waals surface area contributed by atoms with Crippen molar-refractivity contribution in [2.45, 2.75) is 47.0 Å². The van der Waals surface area contributed by atoms with Crippen LogP contribution >= 0.6 is 0 Å². The van der Waals surface area contributed by atoms with E-state index >= 15 is 0 Å². The van der Waals surface area contributed by atoms with Gasteiger partial charge >= 0.3 is 0 Å². The fraction of sp³-hybridized carbons (Fsp3) is 0.938. The van der Waals surface area contributed by atoms with Gasteiger partial charge in [-0.05, 0) is 43.7 Å². The number of hydrogen-bond donors (Lipinski definition) is 0. The van der Waals surface area contributed by atoms with Gasteiger partial charge in [-0.2, -0.15) is 0 Å². The topological polar surface area (TPSA) is 23.6 Å². The largest absolute Gasteiger partial charge is 0.349 e. The second kappa shape index (κ2) is 6.74. The molecule has 1 heterocycles. The summed E-state index contributed by atoms with van der Waals surface area (Å²) in [5.74, 6) is 1.28. The fourth-order valence-corrected chi connectivity index (χ4v) is 2.76. The Morgan fingerprint density at radius 3 is 2.21 bits per heavy atom. The molecule has 3 nitrogen and oxygen atoms in total. The van der Waals surface area contributed by atoms with Crippen LogP contribution in [0.1, 0.15) is 47.0 Å². The smallest absolute Gasteiger partial charge is 0.225 e. The molecule has 0 bridgehead atoms. The van der Waals surface area contributed by atoms with Gasteiger partial charge in [0.1, 0.15) is 0 Å². The van der Waals surface area contributed by atoms with E-state index in [-0.39, 0.29) is 0 Å². The summed E-state index contributed by atoms with van der Waals surface area (Å²) in [7, 11) is 3.72. The van der Waals surface area contributed by atoms with Crippen LogP contribution in [0.2, 0.25) is 0 Å². The minimum Gasteiger partial charge on any atom is -0.349 e. The molecule has 0 aromatic rings. The third kappa shape index (κ3) is 4.79. The van der Waals surface area contributed by atoms with Crippen molar-refractivity contribution >= 4 is 5.91 Å². The van der Waals surface area contributed by atoms with Gasteiger partial charge in [0, 0.05) is 26.6 Å². The van der Waals surface area contributed by atoms with Crippen molar-refractivity contribution in [2.24, 2.45) is 17.3 Å². The van der Waals surface area contributed by atoms with Crippen LogP contribution in [-0.4, -0.2) is 49.4 Å². The van der Waals surface area contributed by atoms with Crippen molar-refractivity contribution in [1.82, 2.24) is 9.80 Å². The molecule has 0 aromatic carbocycles. The van der Waals surface area contributed by atoms with Crippen molar-refractivity contribution in [2.75, 3.05) is 33.7 Å². The first-order valence-electron chi connectivity index (χ1n) is 7.82. The Morgan fingerprint density at radius 2 is 1.74 bits per heavy atom. The second-order valence-corrected chi connectivity index (χ2v) is 6.80. The zero-order valence-corrected chi connectivity index (χ0v) is 13.7. The molecule has 3 heteroatoms. The Morgan fingerprint density at radius 1 is 1.21 bits per heavy atom. The fourth-order valence-electron chi connectivity index (χ4n) is 2.76. The minimum atomic E-state index is 0.319. The molecule has 112 valence electrons. The predicted octanol–water partition coefficient (Wildman–Crippen LogP) is 2.86. The Balaban J connectivity index is 0.000000861. The molecular weight excluding hydrogens is 236 g/mol. The van der Waals surface area contributed by atoms with Crippen molar-refractivity contribution < 1.29 is 4.79 Å². The van der Waals surface area contributed by atoms with Crippen molar-refractivity contribution in [1.29, 1.82) is 0 Å². The lowest BCUT2D eigenvalue weighted by atomic mass is 9.82. The second-order valence-electron chi connectivity index (χ2n) is 6.80. The zero-order valence-electron chi connectivity index (χ0n) is 13.7. The van der Waals surface area contributed by atoms with Gasteiger partial charge in [0.25, 0.3) is 0 Å². The monoisotopic (exact) mass is 268 g/mol. The molecule has 0 aromatic heterocycles. The molecule has 2 rings (SSSR count). The average Bonchev–Trinajstić information content (AvgIpc) is 3.12. The van der Waals surface area contributed by atoms with Crippen LogP contribution in [0.3, 0.4) is 0 Å². The maximum absolute atomic E-state index is 11.8. The molecule has 2 aliphatic rings. The summed E-state index contributed by atoms with van der Waals surface area (Å²) < 4.78 is 0. The van der Waals surface area contributed by atoms with E-state index in [0.717, 1.165) is 13.0 Å². The van der Waals surface area contributed by atoms with E-state index in [0.29, 0.717) is 23.2 Å². The van der Waals surface area contributed by atoms with Crippen LogP contribution in [0.4, 0.5) is 0 Å². The highest BCUT2D eigenvalue weighted by Crippen LogP contribution is 2.41. The van der Waals surface area contributed by atoms with Crippen LogP contribution < -0.4 is 0 Å². The summed E-state index contributed by atoms with van der Waals surface area (Å²) in [5, 5.41) is 0. The van der Waals surface area contributed by atoms with E-state index in [1.165, 1.54) is 25.9 Å². The van der Waals surface area contributed by atoms with Crippen molar-refractivity contribution in [3.8, 4) is 0 Å². The van der Waals surface area contributed by atoms with Gasteiger partial charge in [-0.15, -0.1) is 0 Å². The Kier molecular flexibility index (Phi) is 5.84. The maximum Gasteiger partial charge on any atom is 0.225 e.